The molecule has 1 atom stereocenters. The van der Waals surface area contributed by atoms with E-state index in [0.717, 1.165) is 16.7 Å². The average molecular weight is 309 g/mol. The molecule has 2 rings (SSSR count). The lowest BCUT2D eigenvalue weighted by atomic mass is 9.92. The molecule has 0 aliphatic carbocycles. The minimum atomic E-state index is -2.96. The zero-order chi connectivity index (χ0) is 15.8. The van der Waals surface area contributed by atoms with Gasteiger partial charge in [-0.15, -0.1) is 0 Å². The zero-order valence-corrected chi connectivity index (χ0v) is 13.9. The van der Waals surface area contributed by atoms with Crippen LogP contribution in [-0.2, 0) is 21.1 Å². The SMILES string of the molecule is Cc1cc(C)c(C)c(CC(=O)NC2CCS(=O)(=O)C2)c1C. The van der Waals surface area contributed by atoms with Gasteiger partial charge in [0.1, 0.15) is 0 Å². The smallest absolute Gasteiger partial charge is 0.224 e. The van der Waals surface area contributed by atoms with E-state index in [9.17, 15) is 13.2 Å². The summed E-state index contributed by atoms with van der Waals surface area (Å²) in [6.45, 7) is 8.16. The summed E-state index contributed by atoms with van der Waals surface area (Å²) in [5.74, 6) is 0.164. The summed E-state index contributed by atoms with van der Waals surface area (Å²) in [6, 6.07) is 1.91. The van der Waals surface area contributed by atoms with Crippen molar-refractivity contribution in [3.8, 4) is 0 Å². The van der Waals surface area contributed by atoms with E-state index in [4.69, 9.17) is 0 Å². The van der Waals surface area contributed by atoms with E-state index >= 15 is 0 Å². The molecule has 1 aromatic rings. The van der Waals surface area contributed by atoms with Crippen LogP contribution in [0, 0.1) is 27.7 Å². The van der Waals surface area contributed by atoms with Gasteiger partial charge >= 0.3 is 0 Å². The highest BCUT2D eigenvalue weighted by molar-refractivity contribution is 7.91. The van der Waals surface area contributed by atoms with Gasteiger partial charge in [0.15, 0.2) is 9.84 Å². The molecule has 1 amide bonds. The highest BCUT2D eigenvalue weighted by Crippen LogP contribution is 2.22. The Labute approximate surface area is 126 Å². The third-order valence-electron chi connectivity index (χ3n) is 4.46. The minimum Gasteiger partial charge on any atom is -0.352 e. The Morgan fingerprint density at radius 3 is 2.24 bits per heavy atom. The minimum absolute atomic E-state index is 0.0730. The number of carbonyl (C=O) groups excluding carboxylic acids is 1. The van der Waals surface area contributed by atoms with E-state index in [1.807, 2.05) is 27.7 Å². The number of nitrogens with one attached hydrogen (secondary N) is 1. The largest absolute Gasteiger partial charge is 0.352 e. The predicted octanol–water partition coefficient (Wildman–Crippen LogP) is 1.77. The van der Waals surface area contributed by atoms with Crippen molar-refractivity contribution in [3.05, 3.63) is 33.9 Å². The lowest BCUT2D eigenvalue weighted by Crippen LogP contribution is -2.36. The van der Waals surface area contributed by atoms with Crippen LogP contribution in [-0.4, -0.2) is 31.9 Å². The maximum absolute atomic E-state index is 12.2. The van der Waals surface area contributed by atoms with Crippen molar-refractivity contribution in [1.82, 2.24) is 5.32 Å². The third-order valence-corrected chi connectivity index (χ3v) is 6.22. The van der Waals surface area contributed by atoms with Crippen molar-refractivity contribution in [1.29, 1.82) is 0 Å². The van der Waals surface area contributed by atoms with Crippen LogP contribution >= 0.6 is 0 Å². The first-order valence-corrected chi connectivity index (χ1v) is 9.08. The number of hydrogen-bond donors (Lipinski definition) is 1. The predicted molar refractivity (Wildman–Crippen MR) is 84.3 cm³/mol. The summed E-state index contributed by atoms with van der Waals surface area (Å²) in [4.78, 5) is 12.2. The second-order valence-corrected chi connectivity index (χ2v) is 8.31. The molecule has 1 aromatic carbocycles. The molecule has 1 aliphatic heterocycles. The molecule has 1 aliphatic rings. The lowest BCUT2D eigenvalue weighted by Gasteiger charge is -2.16. The average Bonchev–Trinajstić information content (AvgIpc) is 2.71. The van der Waals surface area contributed by atoms with Gasteiger partial charge in [-0.1, -0.05) is 6.07 Å². The molecule has 0 saturated carbocycles. The van der Waals surface area contributed by atoms with Gasteiger partial charge in [-0.3, -0.25) is 4.79 Å². The Hall–Kier alpha value is -1.36. The highest BCUT2D eigenvalue weighted by Gasteiger charge is 2.29. The number of carbonyl (C=O) groups is 1. The van der Waals surface area contributed by atoms with E-state index in [0.29, 0.717) is 12.8 Å². The molecule has 21 heavy (non-hydrogen) atoms. The third kappa shape index (κ3) is 3.64. The Balaban J connectivity index is 2.10. The Morgan fingerprint density at radius 1 is 1.19 bits per heavy atom. The van der Waals surface area contributed by atoms with Gasteiger partial charge in [-0.2, -0.15) is 0 Å². The van der Waals surface area contributed by atoms with Crippen LogP contribution < -0.4 is 5.32 Å². The fourth-order valence-electron chi connectivity index (χ4n) is 2.91. The molecular formula is C16H23NO3S. The van der Waals surface area contributed by atoms with Crippen molar-refractivity contribution < 1.29 is 13.2 Å². The number of amides is 1. The quantitative estimate of drug-likeness (QED) is 0.925. The normalized spacial score (nSPS) is 20.5. The monoisotopic (exact) mass is 309 g/mol. The van der Waals surface area contributed by atoms with Gasteiger partial charge < -0.3 is 5.32 Å². The van der Waals surface area contributed by atoms with Crippen LogP contribution in [0.3, 0.4) is 0 Å². The summed E-state index contributed by atoms with van der Waals surface area (Å²) in [7, 11) is -2.96. The molecule has 1 unspecified atom stereocenters. The standard InChI is InChI=1S/C16H23NO3S/c1-10-7-11(2)13(4)15(12(10)3)8-16(18)17-14-5-6-21(19,20)9-14/h7,14H,5-6,8-9H2,1-4H3,(H,17,18). The first-order chi connectivity index (χ1) is 9.69. The van der Waals surface area contributed by atoms with Gasteiger partial charge in [0.2, 0.25) is 5.91 Å². The molecular weight excluding hydrogens is 286 g/mol. The van der Waals surface area contributed by atoms with Crippen molar-refractivity contribution in [3.63, 3.8) is 0 Å². The zero-order valence-electron chi connectivity index (χ0n) is 13.1. The second-order valence-electron chi connectivity index (χ2n) is 6.08. The van der Waals surface area contributed by atoms with Crippen molar-refractivity contribution in [2.24, 2.45) is 0 Å². The molecule has 1 fully saturated rings. The summed E-state index contributed by atoms with van der Waals surface area (Å²) < 4.78 is 22.9. The number of sulfone groups is 1. The topological polar surface area (TPSA) is 63.2 Å². The Bertz CT molecular complexity index is 651. The molecule has 1 N–H and O–H groups in total. The highest BCUT2D eigenvalue weighted by atomic mass is 32.2. The van der Waals surface area contributed by atoms with Gasteiger partial charge in [0, 0.05) is 6.04 Å². The van der Waals surface area contributed by atoms with E-state index < -0.39 is 9.84 Å². The Morgan fingerprint density at radius 2 is 1.76 bits per heavy atom. The van der Waals surface area contributed by atoms with E-state index in [1.54, 1.807) is 0 Å². The van der Waals surface area contributed by atoms with Crippen LogP contribution in [0.4, 0.5) is 0 Å². The molecule has 4 nitrogen and oxygen atoms in total. The summed E-state index contributed by atoms with van der Waals surface area (Å²) in [6.07, 6.45) is 0.843. The van der Waals surface area contributed by atoms with E-state index in [1.165, 1.54) is 11.1 Å². The van der Waals surface area contributed by atoms with Gasteiger partial charge in [-0.25, -0.2) is 8.42 Å². The number of hydrogen-bond acceptors (Lipinski definition) is 3. The van der Waals surface area contributed by atoms with Crippen LogP contribution in [0.25, 0.3) is 0 Å². The van der Waals surface area contributed by atoms with Crippen LogP contribution in [0.5, 0.6) is 0 Å². The summed E-state index contributed by atoms with van der Waals surface area (Å²) >= 11 is 0. The van der Waals surface area contributed by atoms with Gasteiger partial charge in [0.05, 0.1) is 17.9 Å². The molecule has 5 heteroatoms. The Kier molecular flexibility index (Phi) is 4.42. The van der Waals surface area contributed by atoms with E-state index in [2.05, 4.69) is 11.4 Å². The van der Waals surface area contributed by atoms with Gasteiger partial charge in [0.25, 0.3) is 0 Å². The lowest BCUT2D eigenvalue weighted by molar-refractivity contribution is -0.121. The molecule has 0 radical (unpaired) electrons. The van der Waals surface area contributed by atoms with Crippen molar-refractivity contribution in [2.75, 3.05) is 11.5 Å². The van der Waals surface area contributed by atoms with Crippen LogP contribution in [0.1, 0.15) is 34.2 Å². The molecule has 0 spiro atoms. The molecule has 0 aromatic heterocycles. The van der Waals surface area contributed by atoms with Crippen molar-refractivity contribution in [2.45, 2.75) is 46.6 Å². The fourth-order valence-corrected chi connectivity index (χ4v) is 4.59. The molecule has 1 saturated heterocycles. The molecule has 0 bridgehead atoms. The number of benzene rings is 1. The molecule has 1 heterocycles. The number of aryl methyl sites for hydroxylation is 2. The van der Waals surface area contributed by atoms with Gasteiger partial charge in [-0.05, 0) is 61.9 Å². The summed E-state index contributed by atoms with van der Waals surface area (Å²) in [5, 5.41) is 2.86. The molecule has 116 valence electrons. The maximum atomic E-state index is 12.2. The fraction of sp³-hybridized carbons (Fsp3) is 0.562. The second kappa shape index (κ2) is 5.79. The first kappa shape index (κ1) is 16.0. The van der Waals surface area contributed by atoms with Crippen molar-refractivity contribution >= 4 is 15.7 Å². The van der Waals surface area contributed by atoms with Crippen LogP contribution in [0.15, 0.2) is 6.07 Å². The number of rotatable bonds is 3. The maximum Gasteiger partial charge on any atom is 0.224 e. The van der Waals surface area contributed by atoms with E-state index in [-0.39, 0.29) is 23.5 Å². The summed E-state index contributed by atoms with van der Waals surface area (Å²) in [5.41, 5.74) is 5.72. The van der Waals surface area contributed by atoms with Crippen LogP contribution in [0.2, 0.25) is 0 Å². The first-order valence-electron chi connectivity index (χ1n) is 7.25.